The molecule has 1 aromatic heterocycles. The SMILES string of the molecule is CCOC(=O)c1ccc2nc(NC(=O)NCc3ccc(OC)cc3OC)sc2c1. The van der Waals surface area contributed by atoms with Crippen molar-refractivity contribution in [2.45, 2.75) is 13.5 Å². The van der Waals surface area contributed by atoms with Crippen LogP contribution >= 0.6 is 11.3 Å². The standard InChI is InChI=1S/C20H21N3O5S/c1-4-28-18(24)12-6-8-15-17(9-12)29-20(22-15)23-19(25)21-11-13-5-7-14(26-2)10-16(13)27-3/h5-10H,4,11H2,1-3H3,(H2,21,22,23,25). The van der Waals surface area contributed by atoms with Gasteiger partial charge >= 0.3 is 12.0 Å². The zero-order chi connectivity index (χ0) is 20.8. The molecule has 0 unspecified atom stereocenters. The highest BCUT2D eigenvalue weighted by molar-refractivity contribution is 7.22. The summed E-state index contributed by atoms with van der Waals surface area (Å²) in [5, 5.41) is 5.91. The van der Waals surface area contributed by atoms with E-state index in [-0.39, 0.29) is 12.5 Å². The number of nitrogens with zero attached hydrogens (tertiary/aromatic N) is 1. The fourth-order valence-corrected chi connectivity index (χ4v) is 3.53. The molecule has 2 amide bonds. The van der Waals surface area contributed by atoms with Crippen LogP contribution in [0.5, 0.6) is 11.5 Å². The van der Waals surface area contributed by atoms with Gasteiger partial charge in [0.1, 0.15) is 11.5 Å². The van der Waals surface area contributed by atoms with Crippen LogP contribution in [0.2, 0.25) is 0 Å². The highest BCUT2D eigenvalue weighted by Crippen LogP contribution is 2.27. The number of thiazole rings is 1. The first-order valence-corrected chi connectivity index (χ1v) is 9.69. The Balaban J connectivity index is 1.65. The Morgan fingerprint density at radius 2 is 1.93 bits per heavy atom. The summed E-state index contributed by atoms with van der Waals surface area (Å²) in [4.78, 5) is 28.5. The molecular formula is C20H21N3O5S. The Morgan fingerprint density at radius 3 is 2.66 bits per heavy atom. The number of carbonyl (C=O) groups is 2. The second-order valence-corrected chi connectivity index (χ2v) is 6.94. The molecule has 152 valence electrons. The molecule has 0 saturated heterocycles. The lowest BCUT2D eigenvalue weighted by Gasteiger charge is -2.11. The van der Waals surface area contributed by atoms with Crippen molar-refractivity contribution in [2.24, 2.45) is 0 Å². The van der Waals surface area contributed by atoms with Gasteiger partial charge < -0.3 is 19.5 Å². The number of benzene rings is 2. The van der Waals surface area contributed by atoms with E-state index in [2.05, 4.69) is 15.6 Å². The monoisotopic (exact) mass is 415 g/mol. The Morgan fingerprint density at radius 1 is 1.10 bits per heavy atom. The smallest absolute Gasteiger partial charge is 0.338 e. The number of esters is 1. The Labute approximate surface area is 171 Å². The third kappa shape index (κ3) is 4.94. The number of anilines is 1. The van der Waals surface area contributed by atoms with Gasteiger partial charge in [-0.25, -0.2) is 14.6 Å². The van der Waals surface area contributed by atoms with Gasteiger partial charge in [0.15, 0.2) is 5.13 Å². The van der Waals surface area contributed by atoms with Gasteiger partial charge in [-0.15, -0.1) is 0 Å². The van der Waals surface area contributed by atoms with Gasteiger partial charge in [-0.3, -0.25) is 5.32 Å². The zero-order valence-electron chi connectivity index (χ0n) is 16.3. The minimum Gasteiger partial charge on any atom is -0.497 e. The Bertz CT molecular complexity index is 1030. The molecule has 0 spiro atoms. The fourth-order valence-electron chi connectivity index (χ4n) is 2.63. The minimum atomic E-state index is -0.396. The molecule has 2 N–H and O–H groups in total. The number of aromatic nitrogens is 1. The quantitative estimate of drug-likeness (QED) is 0.570. The largest absolute Gasteiger partial charge is 0.497 e. The van der Waals surface area contributed by atoms with Crippen LogP contribution in [0, 0.1) is 0 Å². The number of hydrogen-bond acceptors (Lipinski definition) is 7. The van der Waals surface area contributed by atoms with Crippen LogP contribution in [0.15, 0.2) is 36.4 Å². The van der Waals surface area contributed by atoms with E-state index in [1.165, 1.54) is 11.3 Å². The number of fused-ring (bicyclic) bond motifs is 1. The molecule has 0 aliphatic rings. The predicted molar refractivity (Wildman–Crippen MR) is 111 cm³/mol. The van der Waals surface area contributed by atoms with Gasteiger partial charge in [-0.1, -0.05) is 11.3 Å². The van der Waals surface area contributed by atoms with Crippen molar-refractivity contribution in [3.63, 3.8) is 0 Å². The van der Waals surface area contributed by atoms with Crippen LogP contribution < -0.4 is 20.1 Å². The summed E-state index contributed by atoms with van der Waals surface area (Å²) < 4.78 is 16.3. The number of ether oxygens (including phenoxy) is 3. The second-order valence-electron chi connectivity index (χ2n) is 5.91. The lowest BCUT2D eigenvalue weighted by Crippen LogP contribution is -2.28. The molecule has 0 radical (unpaired) electrons. The number of methoxy groups -OCH3 is 2. The minimum absolute atomic E-state index is 0.275. The summed E-state index contributed by atoms with van der Waals surface area (Å²) in [5.74, 6) is 0.909. The van der Waals surface area contributed by atoms with E-state index in [4.69, 9.17) is 14.2 Å². The van der Waals surface area contributed by atoms with Gasteiger partial charge in [0, 0.05) is 18.2 Å². The first-order chi connectivity index (χ1) is 14.0. The van der Waals surface area contributed by atoms with E-state index in [1.54, 1.807) is 51.5 Å². The summed E-state index contributed by atoms with van der Waals surface area (Å²) >= 11 is 1.28. The van der Waals surface area contributed by atoms with Crippen LogP contribution in [-0.4, -0.2) is 37.8 Å². The molecule has 8 nitrogen and oxygen atoms in total. The average Bonchev–Trinajstić information content (AvgIpc) is 3.13. The van der Waals surface area contributed by atoms with Crippen LogP contribution in [0.4, 0.5) is 9.93 Å². The number of urea groups is 1. The Hall–Kier alpha value is -3.33. The van der Waals surface area contributed by atoms with E-state index >= 15 is 0 Å². The van der Waals surface area contributed by atoms with Crippen molar-refractivity contribution in [3.05, 3.63) is 47.5 Å². The molecule has 0 atom stereocenters. The zero-order valence-corrected chi connectivity index (χ0v) is 17.1. The Kier molecular flexibility index (Phi) is 6.50. The molecule has 3 rings (SSSR count). The predicted octanol–water partition coefficient (Wildman–Crippen LogP) is 3.81. The van der Waals surface area contributed by atoms with Crippen molar-refractivity contribution in [2.75, 3.05) is 26.1 Å². The van der Waals surface area contributed by atoms with Gasteiger partial charge in [-0.2, -0.15) is 0 Å². The van der Waals surface area contributed by atoms with E-state index in [0.717, 1.165) is 10.3 Å². The third-order valence-electron chi connectivity index (χ3n) is 4.05. The lowest BCUT2D eigenvalue weighted by molar-refractivity contribution is 0.0526. The number of rotatable bonds is 7. The van der Waals surface area contributed by atoms with Crippen molar-refractivity contribution >= 4 is 38.7 Å². The van der Waals surface area contributed by atoms with Crippen molar-refractivity contribution in [3.8, 4) is 11.5 Å². The molecule has 0 saturated carbocycles. The van der Waals surface area contributed by atoms with E-state index in [0.29, 0.717) is 34.3 Å². The number of nitrogens with one attached hydrogen (secondary N) is 2. The van der Waals surface area contributed by atoms with Crippen molar-refractivity contribution < 1.29 is 23.8 Å². The summed E-state index contributed by atoms with van der Waals surface area (Å²) in [6.07, 6.45) is 0. The van der Waals surface area contributed by atoms with E-state index in [9.17, 15) is 9.59 Å². The van der Waals surface area contributed by atoms with Gasteiger partial charge in [0.05, 0.1) is 36.6 Å². The van der Waals surface area contributed by atoms with Crippen LogP contribution in [0.1, 0.15) is 22.8 Å². The second kappa shape index (κ2) is 9.24. The van der Waals surface area contributed by atoms with Crippen LogP contribution in [0.25, 0.3) is 10.2 Å². The fraction of sp³-hybridized carbons (Fsp3) is 0.250. The molecule has 0 fully saturated rings. The summed E-state index contributed by atoms with van der Waals surface area (Å²) in [6.45, 7) is 2.34. The number of amides is 2. The van der Waals surface area contributed by atoms with E-state index < -0.39 is 6.03 Å². The van der Waals surface area contributed by atoms with Crippen LogP contribution in [0.3, 0.4) is 0 Å². The first kappa shape index (κ1) is 20.4. The summed E-state index contributed by atoms with van der Waals surface area (Å²) in [5.41, 5.74) is 1.95. The maximum atomic E-state index is 12.3. The maximum absolute atomic E-state index is 12.3. The van der Waals surface area contributed by atoms with Gasteiger partial charge in [0.25, 0.3) is 0 Å². The topological polar surface area (TPSA) is 98.8 Å². The maximum Gasteiger partial charge on any atom is 0.338 e. The normalized spacial score (nSPS) is 10.4. The number of hydrogen-bond donors (Lipinski definition) is 2. The number of carbonyl (C=O) groups excluding carboxylic acids is 2. The van der Waals surface area contributed by atoms with Crippen LogP contribution in [-0.2, 0) is 11.3 Å². The van der Waals surface area contributed by atoms with E-state index in [1.807, 2.05) is 6.07 Å². The molecule has 29 heavy (non-hydrogen) atoms. The van der Waals surface area contributed by atoms with Crippen molar-refractivity contribution in [1.29, 1.82) is 0 Å². The third-order valence-corrected chi connectivity index (χ3v) is 4.99. The van der Waals surface area contributed by atoms with Gasteiger partial charge in [0.2, 0.25) is 0 Å². The molecule has 1 heterocycles. The highest BCUT2D eigenvalue weighted by atomic mass is 32.1. The van der Waals surface area contributed by atoms with Gasteiger partial charge in [-0.05, 0) is 37.3 Å². The molecular weight excluding hydrogens is 394 g/mol. The molecule has 0 aliphatic heterocycles. The molecule has 2 aromatic carbocycles. The molecule has 0 bridgehead atoms. The molecule has 0 aliphatic carbocycles. The summed E-state index contributed by atoms with van der Waals surface area (Å²) in [6, 6.07) is 10.1. The molecule has 3 aromatic rings. The van der Waals surface area contributed by atoms with Crippen molar-refractivity contribution in [1.82, 2.24) is 10.3 Å². The highest BCUT2D eigenvalue weighted by Gasteiger charge is 2.12. The summed E-state index contributed by atoms with van der Waals surface area (Å²) in [7, 11) is 3.14. The molecule has 9 heteroatoms. The average molecular weight is 415 g/mol. The first-order valence-electron chi connectivity index (χ1n) is 8.87. The lowest BCUT2D eigenvalue weighted by atomic mass is 10.2.